The molecule has 1 aliphatic heterocycles. The van der Waals surface area contributed by atoms with Crippen LogP contribution in [0.25, 0.3) is 0 Å². The highest BCUT2D eigenvalue weighted by molar-refractivity contribution is 14.0. The molecule has 1 unspecified atom stereocenters. The van der Waals surface area contributed by atoms with Crippen molar-refractivity contribution < 1.29 is 9.47 Å². The van der Waals surface area contributed by atoms with E-state index in [0.29, 0.717) is 5.92 Å². The van der Waals surface area contributed by atoms with Gasteiger partial charge in [-0.1, -0.05) is 44.2 Å². The molecule has 28 heavy (non-hydrogen) atoms. The van der Waals surface area contributed by atoms with Crippen LogP contribution in [0.2, 0.25) is 0 Å². The molecule has 2 N–H and O–H groups in total. The fraction of sp³-hybridized carbons (Fsp3) is 0.682. The smallest absolute Gasteiger partial charge is 0.191 e. The van der Waals surface area contributed by atoms with Gasteiger partial charge in [0, 0.05) is 45.4 Å². The zero-order chi connectivity index (χ0) is 19.5. The maximum atomic E-state index is 5.83. The molecule has 0 saturated carbocycles. The van der Waals surface area contributed by atoms with Gasteiger partial charge in [0.25, 0.3) is 0 Å². The molecule has 6 heteroatoms. The highest BCUT2D eigenvalue weighted by Gasteiger charge is 2.34. The first-order chi connectivity index (χ1) is 13.1. The van der Waals surface area contributed by atoms with Crippen molar-refractivity contribution in [3.63, 3.8) is 0 Å². The van der Waals surface area contributed by atoms with Crippen LogP contribution in [-0.4, -0.2) is 52.0 Å². The lowest BCUT2D eigenvalue weighted by Gasteiger charge is -2.38. The van der Waals surface area contributed by atoms with Crippen molar-refractivity contribution in [1.29, 1.82) is 0 Å². The van der Waals surface area contributed by atoms with Gasteiger partial charge in [-0.3, -0.25) is 4.99 Å². The van der Waals surface area contributed by atoms with E-state index >= 15 is 0 Å². The highest BCUT2D eigenvalue weighted by Crippen LogP contribution is 2.34. The van der Waals surface area contributed by atoms with E-state index in [9.17, 15) is 0 Å². The third-order valence-corrected chi connectivity index (χ3v) is 5.50. The van der Waals surface area contributed by atoms with Crippen LogP contribution in [0.4, 0.5) is 0 Å². The number of nitrogens with zero attached hydrogens (tertiary/aromatic N) is 1. The molecule has 1 saturated heterocycles. The summed E-state index contributed by atoms with van der Waals surface area (Å²) in [6.45, 7) is 10.6. The maximum Gasteiger partial charge on any atom is 0.191 e. The number of nitrogens with one attached hydrogen (secondary N) is 2. The minimum Gasteiger partial charge on any atom is -0.381 e. The number of ether oxygens (including phenoxy) is 2. The van der Waals surface area contributed by atoms with Crippen molar-refractivity contribution in [3.05, 3.63) is 35.9 Å². The zero-order valence-corrected chi connectivity index (χ0v) is 20.2. The van der Waals surface area contributed by atoms with Gasteiger partial charge in [-0.25, -0.2) is 0 Å². The van der Waals surface area contributed by atoms with Gasteiger partial charge in [0.2, 0.25) is 0 Å². The van der Waals surface area contributed by atoms with Gasteiger partial charge in [0.15, 0.2) is 5.96 Å². The fourth-order valence-corrected chi connectivity index (χ4v) is 3.75. The predicted molar refractivity (Wildman–Crippen MR) is 128 cm³/mol. The fourth-order valence-electron chi connectivity index (χ4n) is 3.75. The Hall–Kier alpha value is -0.860. The highest BCUT2D eigenvalue weighted by atomic mass is 127. The van der Waals surface area contributed by atoms with Gasteiger partial charge in [0.1, 0.15) is 0 Å². The van der Waals surface area contributed by atoms with Gasteiger partial charge >= 0.3 is 0 Å². The normalized spacial score (nSPS) is 17.7. The second kappa shape index (κ2) is 13.4. The summed E-state index contributed by atoms with van der Waals surface area (Å²) in [4.78, 5) is 4.41. The SMILES string of the molecule is CCOC(CCNC(=NC)NCC1(c2ccccc2)CCOCC1)C(C)C.I. The molecular formula is C22H38IN3O2. The van der Waals surface area contributed by atoms with E-state index in [4.69, 9.17) is 9.47 Å². The molecule has 0 aliphatic carbocycles. The van der Waals surface area contributed by atoms with Crippen molar-refractivity contribution in [2.24, 2.45) is 10.9 Å². The second-order valence-electron chi connectivity index (χ2n) is 7.64. The molecule has 0 spiro atoms. The van der Waals surface area contributed by atoms with Crippen LogP contribution in [0, 0.1) is 5.92 Å². The van der Waals surface area contributed by atoms with E-state index in [0.717, 1.165) is 58.1 Å². The van der Waals surface area contributed by atoms with Crippen LogP contribution in [-0.2, 0) is 14.9 Å². The molecular weight excluding hydrogens is 465 g/mol. The summed E-state index contributed by atoms with van der Waals surface area (Å²) in [5.41, 5.74) is 1.48. The number of halogens is 1. The number of hydrogen-bond acceptors (Lipinski definition) is 3. The third-order valence-electron chi connectivity index (χ3n) is 5.50. The minimum absolute atomic E-state index is 0. The van der Waals surface area contributed by atoms with E-state index in [1.54, 1.807) is 0 Å². The minimum atomic E-state index is 0. The van der Waals surface area contributed by atoms with E-state index < -0.39 is 0 Å². The summed E-state index contributed by atoms with van der Waals surface area (Å²) in [7, 11) is 1.83. The molecule has 2 rings (SSSR count). The zero-order valence-electron chi connectivity index (χ0n) is 17.9. The van der Waals surface area contributed by atoms with Crippen LogP contribution in [0.5, 0.6) is 0 Å². The van der Waals surface area contributed by atoms with Crippen molar-refractivity contribution in [2.75, 3.05) is 40.0 Å². The summed E-state index contributed by atoms with van der Waals surface area (Å²) in [6.07, 6.45) is 3.32. The van der Waals surface area contributed by atoms with Crippen molar-refractivity contribution in [3.8, 4) is 0 Å². The van der Waals surface area contributed by atoms with Crippen LogP contribution >= 0.6 is 24.0 Å². The molecule has 0 aromatic heterocycles. The summed E-state index contributed by atoms with van der Waals surface area (Å²) in [5, 5.41) is 7.01. The van der Waals surface area contributed by atoms with E-state index in [-0.39, 0.29) is 35.5 Å². The summed E-state index contributed by atoms with van der Waals surface area (Å²) < 4.78 is 11.5. The molecule has 1 fully saturated rings. The van der Waals surface area contributed by atoms with Gasteiger partial charge in [-0.2, -0.15) is 0 Å². The van der Waals surface area contributed by atoms with Crippen LogP contribution < -0.4 is 10.6 Å². The van der Waals surface area contributed by atoms with Crippen LogP contribution in [0.3, 0.4) is 0 Å². The molecule has 1 aromatic carbocycles. The van der Waals surface area contributed by atoms with Crippen LogP contribution in [0.1, 0.15) is 45.6 Å². The van der Waals surface area contributed by atoms with Gasteiger partial charge in [-0.15, -0.1) is 24.0 Å². The Bertz CT molecular complexity index is 560. The van der Waals surface area contributed by atoms with Crippen molar-refractivity contribution in [2.45, 2.75) is 51.6 Å². The lowest BCUT2D eigenvalue weighted by molar-refractivity contribution is 0.0258. The van der Waals surface area contributed by atoms with Gasteiger partial charge in [0.05, 0.1) is 6.10 Å². The predicted octanol–water partition coefficient (Wildman–Crippen LogP) is 3.97. The molecule has 1 atom stereocenters. The average Bonchev–Trinajstić information content (AvgIpc) is 2.71. The van der Waals surface area contributed by atoms with Crippen molar-refractivity contribution in [1.82, 2.24) is 10.6 Å². The number of aliphatic imine (C=N–C) groups is 1. The Kier molecular flexibility index (Phi) is 12.0. The Morgan fingerprint density at radius 2 is 1.86 bits per heavy atom. The van der Waals surface area contributed by atoms with Crippen molar-refractivity contribution >= 4 is 29.9 Å². The number of guanidine groups is 1. The van der Waals surface area contributed by atoms with E-state index in [1.807, 2.05) is 7.05 Å². The first kappa shape index (κ1) is 25.2. The first-order valence-corrected chi connectivity index (χ1v) is 10.3. The molecule has 0 amide bonds. The quantitative estimate of drug-likeness (QED) is 0.304. The maximum absolute atomic E-state index is 5.83. The van der Waals surface area contributed by atoms with E-state index in [1.165, 1.54) is 5.56 Å². The second-order valence-corrected chi connectivity index (χ2v) is 7.64. The Labute approximate surface area is 188 Å². The Balaban J connectivity index is 0.00000392. The number of rotatable bonds is 9. The topological polar surface area (TPSA) is 54.9 Å². The Morgan fingerprint density at radius 3 is 2.43 bits per heavy atom. The molecule has 160 valence electrons. The van der Waals surface area contributed by atoms with Gasteiger partial charge < -0.3 is 20.1 Å². The summed E-state index contributed by atoms with van der Waals surface area (Å²) >= 11 is 0. The molecule has 1 aromatic rings. The molecule has 0 radical (unpaired) electrons. The standard InChI is InChI=1S/C22H37N3O2.HI/c1-5-27-20(18(2)3)11-14-24-21(23-4)25-17-22(12-15-26-16-13-22)19-9-7-6-8-10-19;/h6-10,18,20H,5,11-17H2,1-4H3,(H2,23,24,25);1H. The third kappa shape index (κ3) is 7.52. The number of hydrogen-bond donors (Lipinski definition) is 2. The average molecular weight is 503 g/mol. The van der Waals surface area contributed by atoms with Gasteiger partial charge in [-0.05, 0) is 37.7 Å². The summed E-state index contributed by atoms with van der Waals surface area (Å²) in [6, 6.07) is 10.8. The van der Waals surface area contributed by atoms with Crippen LogP contribution in [0.15, 0.2) is 35.3 Å². The lowest BCUT2D eigenvalue weighted by atomic mass is 9.74. The number of benzene rings is 1. The summed E-state index contributed by atoms with van der Waals surface area (Å²) in [5.74, 6) is 1.38. The monoisotopic (exact) mass is 503 g/mol. The lowest BCUT2D eigenvalue weighted by Crippen LogP contribution is -2.48. The molecule has 5 nitrogen and oxygen atoms in total. The first-order valence-electron chi connectivity index (χ1n) is 10.3. The molecule has 0 bridgehead atoms. The molecule has 1 aliphatic rings. The Morgan fingerprint density at radius 1 is 1.18 bits per heavy atom. The largest absolute Gasteiger partial charge is 0.381 e. The van der Waals surface area contributed by atoms with E-state index in [2.05, 4.69) is 66.7 Å². The molecule has 1 heterocycles.